The Balaban J connectivity index is 1.73. The van der Waals surface area contributed by atoms with Crippen LogP contribution in [0.3, 0.4) is 0 Å². The van der Waals surface area contributed by atoms with Gasteiger partial charge in [0.25, 0.3) is 5.91 Å². The van der Waals surface area contributed by atoms with Gasteiger partial charge in [-0.1, -0.05) is 37.5 Å². The van der Waals surface area contributed by atoms with Crippen LogP contribution in [0.5, 0.6) is 0 Å². The van der Waals surface area contributed by atoms with Gasteiger partial charge in [0.15, 0.2) is 0 Å². The Morgan fingerprint density at radius 3 is 2.35 bits per heavy atom. The van der Waals surface area contributed by atoms with Gasteiger partial charge in [-0.25, -0.2) is 5.43 Å². The molecule has 0 aromatic heterocycles. The second-order valence-electron chi connectivity index (χ2n) is 5.20. The molecule has 0 bridgehead atoms. The van der Waals surface area contributed by atoms with Gasteiger partial charge in [-0.05, 0) is 37.8 Å². The topological polar surface area (TPSA) is 53.5 Å². The fourth-order valence-corrected chi connectivity index (χ4v) is 2.34. The fraction of sp³-hybridized carbons (Fsp3) is 0.500. The monoisotopic (exact) mass is 273 g/mol. The molecule has 4 heteroatoms. The van der Waals surface area contributed by atoms with Gasteiger partial charge >= 0.3 is 0 Å². The molecule has 20 heavy (non-hydrogen) atoms. The molecule has 1 aliphatic carbocycles. The van der Waals surface area contributed by atoms with Crippen LogP contribution in [0.1, 0.15) is 44.9 Å². The van der Waals surface area contributed by atoms with Crippen LogP contribution in [0, 0.1) is 0 Å². The minimum Gasteiger partial charge on any atom is -0.376 e. The van der Waals surface area contributed by atoms with Crippen LogP contribution in [0.4, 0.5) is 5.69 Å². The smallest absolute Gasteiger partial charge is 0.259 e. The summed E-state index contributed by atoms with van der Waals surface area (Å²) in [4.78, 5) is 11.7. The molecule has 1 amide bonds. The summed E-state index contributed by atoms with van der Waals surface area (Å²) in [7, 11) is 0. The van der Waals surface area contributed by atoms with Gasteiger partial charge < -0.3 is 5.32 Å². The lowest BCUT2D eigenvalue weighted by atomic mass is 9.99. The van der Waals surface area contributed by atoms with Crippen molar-refractivity contribution in [3.05, 3.63) is 30.3 Å². The summed E-state index contributed by atoms with van der Waals surface area (Å²) < 4.78 is 0. The van der Waals surface area contributed by atoms with Crippen LogP contribution < -0.4 is 10.7 Å². The molecule has 0 heterocycles. The molecule has 0 radical (unpaired) electrons. The van der Waals surface area contributed by atoms with E-state index in [9.17, 15) is 4.79 Å². The van der Waals surface area contributed by atoms with E-state index < -0.39 is 0 Å². The van der Waals surface area contributed by atoms with Crippen molar-refractivity contribution in [2.45, 2.75) is 44.9 Å². The lowest BCUT2D eigenvalue weighted by Crippen LogP contribution is -2.27. The molecule has 2 N–H and O–H groups in total. The minimum atomic E-state index is -0.0941. The Morgan fingerprint density at radius 1 is 1.00 bits per heavy atom. The third kappa shape index (κ3) is 5.43. The Bertz CT molecular complexity index is 432. The molecule has 0 saturated heterocycles. The number of rotatable bonds is 4. The van der Waals surface area contributed by atoms with Gasteiger partial charge in [0.1, 0.15) is 0 Å². The second kappa shape index (κ2) is 8.35. The average Bonchev–Trinajstić information content (AvgIpc) is 2.45. The SMILES string of the molecule is O=C(CNc1ccccc1)NN=C1CCCCCCC1. The molecule has 0 unspecified atom stereocenters. The number of nitrogens with zero attached hydrogens (tertiary/aromatic N) is 1. The summed E-state index contributed by atoms with van der Waals surface area (Å²) in [5, 5.41) is 7.35. The maximum Gasteiger partial charge on any atom is 0.259 e. The van der Waals surface area contributed by atoms with Crippen molar-refractivity contribution in [2.75, 3.05) is 11.9 Å². The quantitative estimate of drug-likeness (QED) is 0.827. The summed E-state index contributed by atoms with van der Waals surface area (Å²) in [6.45, 7) is 0.251. The van der Waals surface area contributed by atoms with Crippen LogP contribution in [-0.2, 0) is 4.79 Å². The normalized spacial score (nSPS) is 15.9. The average molecular weight is 273 g/mol. The van der Waals surface area contributed by atoms with Gasteiger partial charge in [0.2, 0.25) is 0 Å². The van der Waals surface area contributed by atoms with Crippen LogP contribution in [0.15, 0.2) is 35.4 Å². The van der Waals surface area contributed by atoms with Gasteiger partial charge in [-0.15, -0.1) is 0 Å². The van der Waals surface area contributed by atoms with Gasteiger partial charge in [0.05, 0.1) is 6.54 Å². The zero-order valence-electron chi connectivity index (χ0n) is 11.9. The van der Waals surface area contributed by atoms with E-state index in [4.69, 9.17) is 0 Å². The van der Waals surface area contributed by atoms with Crippen LogP contribution in [0.25, 0.3) is 0 Å². The Kier molecular flexibility index (Phi) is 6.08. The van der Waals surface area contributed by atoms with E-state index in [0.717, 1.165) is 24.2 Å². The zero-order chi connectivity index (χ0) is 14.0. The van der Waals surface area contributed by atoms with Crippen molar-refractivity contribution in [1.29, 1.82) is 0 Å². The van der Waals surface area contributed by atoms with Crippen molar-refractivity contribution in [3.63, 3.8) is 0 Å². The highest BCUT2D eigenvalue weighted by molar-refractivity contribution is 5.87. The predicted octanol–water partition coefficient (Wildman–Crippen LogP) is 3.32. The Morgan fingerprint density at radius 2 is 1.65 bits per heavy atom. The van der Waals surface area contributed by atoms with E-state index in [-0.39, 0.29) is 12.5 Å². The highest BCUT2D eigenvalue weighted by atomic mass is 16.2. The van der Waals surface area contributed by atoms with Gasteiger partial charge in [-0.3, -0.25) is 4.79 Å². The summed E-state index contributed by atoms with van der Waals surface area (Å²) >= 11 is 0. The zero-order valence-corrected chi connectivity index (χ0v) is 11.9. The van der Waals surface area contributed by atoms with E-state index in [0.29, 0.717) is 0 Å². The van der Waals surface area contributed by atoms with Gasteiger partial charge in [0, 0.05) is 11.4 Å². The third-order valence-electron chi connectivity index (χ3n) is 3.50. The molecule has 2 rings (SSSR count). The lowest BCUT2D eigenvalue weighted by Gasteiger charge is -2.11. The fourth-order valence-electron chi connectivity index (χ4n) is 2.34. The molecule has 108 valence electrons. The molecule has 1 aromatic rings. The van der Waals surface area contributed by atoms with E-state index in [2.05, 4.69) is 15.8 Å². The molecule has 1 saturated carbocycles. The molecule has 4 nitrogen and oxygen atoms in total. The second-order valence-corrected chi connectivity index (χ2v) is 5.20. The van der Waals surface area contributed by atoms with Crippen molar-refractivity contribution >= 4 is 17.3 Å². The molecule has 0 aliphatic heterocycles. The Hall–Kier alpha value is -1.84. The number of nitrogens with one attached hydrogen (secondary N) is 2. The van der Waals surface area contributed by atoms with E-state index in [1.54, 1.807) is 0 Å². The van der Waals surface area contributed by atoms with E-state index in [1.807, 2.05) is 30.3 Å². The summed E-state index contributed by atoms with van der Waals surface area (Å²) in [5.41, 5.74) is 4.74. The summed E-state index contributed by atoms with van der Waals surface area (Å²) in [5.74, 6) is -0.0941. The number of carbonyl (C=O) groups is 1. The minimum absolute atomic E-state index is 0.0941. The first-order valence-electron chi connectivity index (χ1n) is 7.48. The molecular weight excluding hydrogens is 250 g/mol. The largest absolute Gasteiger partial charge is 0.376 e. The molecule has 0 atom stereocenters. The third-order valence-corrected chi connectivity index (χ3v) is 3.50. The summed E-state index contributed by atoms with van der Waals surface area (Å²) in [6, 6.07) is 9.71. The summed E-state index contributed by atoms with van der Waals surface area (Å²) in [6.07, 6.45) is 8.32. The number of para-hydroxylation sites is 1. The molecule has 1 aliphatic rings. The highest BCUT2D eigenvalue weighted by Crippen LogP contribution is 2.14. The van der Waals surface area contributed by atoms with E-state index >= 15 is 0 Å². The van der Waals surface area contributed by atoms with Crippen molar-refractivity contribution in [3.8, 4) is 0 Å². The number of benzene rings is 1. The standard InChI is InChI=1S/C16H23N3O/c20-16(13-17-14-9-7-4-8-10-14)19-18-15-11-5-2-1-3-6-12-15/h4,7-10,17H,1-3,5-6,11-13H2,(H,19,20). The van der Waals surface area contributed by atoms with Crippen molar-refractivity contribution in [2.24, 2.45) is 5.10 Å². The van der Waals surface area contributed by atoms with Crippen LogP contribution in [0.2, 0.25) is 0 Å². The number of carbonyl (C=O) groups excluding carboxylic acids is 1. The molecule has 1 aromatic carbocycles. The Labute approximate surface area is 120 Å². The predicted molar refractivity (Wildman–Crippen MR) is 82.8 cm³/mol. The van der Waals surface area contributed by atoms with E-state index in [1.165, 1.54) is 32.1 Å². The number of hydrazone groups is 1. The molecule has 0 spiro atoms. The number of hydrogen-bond donors (Lipinski definition) is 2. The van der Waals surface area contributed by atoms with Crippen LogP contribution in [-0.4, -0.2) is 18.2 Å². The first kappa shape index (κ1) is 14.6. The van der Waals surface area contributed by atoms with Crippen LogP contribution >= 0.6 is 0 Å². The molecular formula is C16H23N3O. The number of hydrogen-bond acceptors (Lipinski definition) is 3. The number of amides is 1. The lowest BCUT2D eigenvalue weighted by molar-refractivity contribution is -0.119. The molecule has 1 fully saturated rings. The first-order valence-corrected chi connectivity index (χ1v) is 7.48. The highest BCUT2D eigenvalue weighted by Gasteiger charge is 2.06. The van der Waals surface area contributed by atoms with Crippen molar-refractivity contribution < 1.29 is 4.79 Å². The first-order chi connectivity index (χ1) is 9.84. The number of anilines is 1. The maximum atomic E-state index is 11.7. The van der Waals surface area contributed by atoms with Gasteiger partial charge in [-0.2, -0.15) is 5.10 Å². The maximum absolute atomic E-state index is 11.7. The van der Waals surface area contributed by atoms with Crippen molar-refractivity contribution in [1.82, 2.24) is 5.43 Å².